The van der Waals surface area contributed by atoms with Gasteiger partial charge in [-0.15, -0.1) is 0 Å². The Kier molecular flexibility index (Phi) is 5.12. The molecule has 2 N–H and O–H groups in total. The molecule has 0 radical (unpaired) electrons. The predicted octanol–water partition coefficient (Wildman–Crippen LogP) is 2.12. The SMILES string of the molecule is O=C(O)CCCC=CCC1C=CCC1O. The van der Waals surface area contributed by atoms with Crippen LogP contribution in [0.2, 0.25) is 0 Å². The fraction of sp³-hybridized carbons (Fsp3) is 0.583. The second-order valence-electron chi connectivity index (χ2n) is 3.89. The number of carboxylic acids is 1. The van der Waals surface area contributed by atoms with Crippen LogP contribution in [0.4, 0.5) is 0 Å². The molecule has 3 heteroatoms. The number of hydrogen-bond donors (Lipinski definition) is 2. The number of allylic oxidation sites excluding steroid dienone is 2. The number of aliphatic hydroxyl groups is 1. The first kappa shape index (κ1) is 12.0. The summed E-state index contributed by atoms with van der Waals surface area (Å²) in [5, 5.41) is 17.9. The van der Waals surface area contributed by atoms with Crippen molar-refractivity contribution in [3.8, 4) is 0 Å². The van der Waals surface area contributed by atoms with E-state index in [4.69, 9.17) is 5.11 Å². The number of aliphatic hydroxyl groups excluding tert-OH is 1. The summed E-state index contributed by atoms with van der Waals surface area (Å²) >= 11 is 0. The van der Waals surface area contributed by atoms with Gasteiger partial charge in [0.25, 0.3) is 0 Å². The molecule has 0 aromatic rings. The lowest BCUT2D eigenvalue weighted by Crippen LogP contribution is -2.12. The Hall–Kier alpha value is -1.09. The highest BCUT2D eigenvalue weighted by Crippen LogP contribution is 2.21. The van der Waals surface area contributed by atoms with Gasteiger partial charge >= 0.3 is 5.97 Å². The number of unbranched alkanes of at least 4 members (excludes halogenated alkanes) is 1. The zero-order valence-electron chi connectivity index (χ0n) is 8.80. The van der Waals surface area contributed by atoms with Gasteiger partial charge in [0.1, 0.15) is 0 Å². The Bertz CT molecular complexity index is 256. The second kappa shape index (κ2) is 6.40. The summed E-state index contributed by atoms with van der Waals surface area (Å²) in [6, 6.07) is 0. The molecule has 15 heavy (non-hydrogen) atoms. The van der Waals surface area contributed by atoms with Crippen LogP contribution in [0.5, 0.6) is 0 Å². The average molecular weight is 210 g/mol. The molecule has 1 aliphatic rings. The molecule has 0 bridgehead atoms. The van der Waals surface area contributed by atoms with Crippen LogP contribution in [0.1, 0.15) is 32.1 Å². The monoisotopic (exact) mass is 210 g/mol. The number of hydrogen-bond acceptors (Lipinski definition) is 2. The molecule has 0 saturated carbocycles. The molecule has 0 spiro atoms. The van der Waals surface area contributed by atoms with E-state index in [0.717, 1.165) is 19.3 Å². The Labute approximate surface area is 90.1 Å². The summed E-state index contributed by atoms with van der Waals surface area (Å²) in [6.45, 7) is 0. The normalized spacial score (nSPS) is 25.1. The largest absolute Gasteiger partial charge is 0.481 e. The van der Waals surface area contributed by atoms with E-state index in [0.29, 0.717) is 6.42 Å². The van der Waals surface area contributed by atoms with E-state index >= 15 is 0 Å². The first-order valence-electron chi connectivity index (χ1n) is 5.41. The van der Waals surface area contributed by atoms with Crippen molar-refractivity contribution < 1.29 is 15.0 Å². The van der Waals surface area contributed by atoms with Crippen LogP contribution in [-0.2, 0) is 4.79 Å². The molecule has 0 aromatic heterocycles. The predicted molar refractivity (Wildman–Crippen MR) is 58.5 cm³/mol. The van der Waals surface area contributed by atoms with E-state index in [9.17, 15) is 9.90 Å². The van der Waals surface area contributed by atoms with Gasteiger partial charge in [-0.25, -0.2) is 0 Å². The van der Waals surface area contributed by atoms with Gasteiger partial charge in [0.2, 0.25) is 0 Å². The molecule has 0 saturated heterocycles. The fourth-order valence-corrected chi connectivity index (χ4v) is 1.67. The van der Waals surface area contributed by atoms with E-state index < -0.39 is 5.97 Å². The van der Waals surface area contributed by atoms with Gasteiger partial charge in [-0.3, -0.25) is 4.79 Å². The standard InChI is InChI=1S/C12H18O3/c13-11-8-5-7-10(11)6-3-1-2-4-9-12(14)15/h1,3,5,7,10-11,13H,2,4,6,8-9H2,(H,14,15). The minimum absolute atomic E-state index is 0.228. The smallest absolute Gasteiger partial charge is 0.303 e. The van der Waals surface area contributed by atoms with Crippen LogP contribution >= 0.6 is 0 Å². The van der Waals surface area contributed by atoms with Crippen LogP contribution in [0.3, 0.4) is 0 Å². The minimum atomic E-state index is -0.738. The number of rotatable bonds is 6. The molecule has 84 valence electrons. The summed E-state index contributed by atoms with van der Waals surface area (Å²) in [7, 11) is 0. The van der Waals surface area contributed by atoms with Gasteiger partial charge in [0.15, 0.2) is 0 Å². The lowest BCUT2D eigenvalue weighted by atomic mass is 10.0. The number of carboxylic acid groups (broad SMARTS) is 1. The van der Waals surface area contributed by atoms with Crippen molar-refractivity contribution in [1.82, 2.24) is 0 Å². The second-order valence-corrected chi connectivity index (χ2v) is 3.89. The van der Waals surface area contributed by atoms with Gasteiger partial charge in [-0.05, 0) is 25.7 Å². The van der Waals surface area contributed by atoms with Crippen LogP contribution < -0.4 is 0 Å². The molecular formula is C12H18O3. The van der Waals surface area contributed by atoms with Gasteiger partial charge in [-0.2, -0.15) is 0 Å². The molecule has 1 aliphatic carbocycles. The highest BCUT2D eigenvalue weighted by atomic mass is 16.4. The third-order valence-corrected chi connectivity index (χ3v) is 2.59. The summed E-state index contributed by atoms with van der Waals surface area (Å²) in [4.78, 5) is 10.2. The van der Waals surface area contributed by atoms with Crippen molar-refractivity contribution in [1.29, 1.82) is 0 Å². The molecule has 0 aliphatic heterocycles. The van der Waals surface area contributed by atoms with Crippen molar-refractivity contribution in [2.24, 2.45) is 5.92 Å². The lowest BCUT2D eigenvalue weighted by molar-refractivity contribution is -0.137. The first-order valence-corrected chi connectivity index (χ1v) is 5.41. The quantitative estimate of drug-likeness (QED) is 0.521. The minimum Gasteiger partial charge on any atom is -0.481 e. The topological polar surface area (TPSA) is 57.5 Å². The Balaban J connectivity index is 2.06. The van der Waals surface area contributed by atoms with Crippen molar-refractivity contribution in [3.05, 3.63) is 24.3 Å². The summed E-state index contributed by atoms with van der Waals surface area (Å²) < 4.78 is 0. The van der Waals surface area contributed by atoms with Crippen molar-refractivity contribution >= 4 is 5.97 Å². The maximum atomic E-state index is 10.2. The molecule has 0 fully saturated rings. The zero-order valence-corrected chi connectivity index (χ0v) is 8.80. The van der Waals surface area contributed by atoms with E-state index in [1.54, 1.807) is 0 Å². The van der Waals surface area contributed by atoms with Gasteiger partial charge < -0.3 is 10.2 Å². The highest BCUT2D eigenvalue weighted by molar-refractivity contribution is 5.66. The number of aliphatic carboxylic acids is 1. The maximum absolute atomic E-state index is 10.2. The third-order valence-electron chi connectivity index (χ3n) is 2.59. The first-order chi connectivity index (χ1) is 7.20. The molecule has 3 nitrogen and oxygen atoms in total. The molecule has 2 unspecified atom stereocenters. The number of carbonyl (C=O) groups is 1. The van der Waals surface area contributed by atoms with Crippen LogP contribution in [-0.4, -0.2) is 22.3 Å². The lowest BCUT2D eigenvalue weighted by Gasteiger charge is -2.10. The van der Waals surface area contributed by atoms with E-state index in [1.807, 2.05) is 24.3 Å². The van der Waals surface area contributed by atoms with Crippen molar-refractivity contribution in [3.63, 3.8) is 0 Å². The van der Waals surface area contributed by atoms with Gasteiger partial charge in [0.05, 0.1) is 6.10 Å². The third kappa shape index (κ3) is 4.79. The Morgan fingerprint density at radius 3 is 2.87 bits per heavy atom. The molecule has 1 rings (SSSR count). The van der Waals surface area contributed by atoms with Crippen molar-refractivity contribution in [2.45, 2.75) is 38.2 Å². The summed E-state index contributed by atoms with van der Waals surface area (Å²) in [6.07, 6.45) is 11.2. The highest BCUT2D eigenvalue weighted by Gasteiger charge is 2.17. The molecule has 0 amide bonds. The van der Waals surface area contributed by atoms with E-state index in [-0.39, 0.29) is 18.4 Å². The molecule has 0 aromatic carbocycles. The van der Waals surface area contributed by atoms with Crippen molar-refractivity contribution in [2.75, 3.05) is 0 Å². The summed E-state index contributed by atoms with van der Waals surface area (Å²) in [5.74, 6) is -0.488. The maximum Gasteiger partial charge on any atom is 0.303 e. The van der Waals surface area contributed by atoms with Gasteiger partial charge in [-0.1, -0.05) is 24.3 Å². The van der Waals surface area contributed by atoms with Crippen LogP contribution in [0, 0.1) is 5.92 Å². The Morgan fingerprint density at radius 2 is 2.27 bits per heavy atom. The van der Waals surface area contributed by atoms with Crippen LogP contribution in [0.25, 0.3) is 0 Å². The van der Waals surface area contributed by atoms with E-state index in [1.165, 1.54) is 0 Å². The summed E-state index contributed by atoms with van der Waals surface area (Å²) in [5.41, 5.74) is 0. The molecular weight excluding hydrogens is 192 g/mol. The van der Waals surface area contributed by atoms with E-state index in [2.05, 4.69) is 0 Å². The average Bonchev–Trinajstić information content (AvgIpc) is 2.57. The fourth-order valence-electron chi connectivity index (χ4n) is 1.67. The Morgan fingerprint density at radius 1 is 1.47 bits per heavy atom. The molecule has 0 heterocycles. The zero-order chi connectivity index (χ0) is 11.1. The molecule has 2 atom stereocenters. The van der Waals surface area contributed by atoms with Gasteiger partial charge in [0, 0.05) is 12.3 Å². The van der Waals surface area contributed by atoms with Crippen LogP contribution in [0.15, 0.2) is 24.3 Å².